The van der Waals surface area contributed by atoms with Crippen LogP contribution in [0.25, 0.3) is 10.8 Å². The molecule has 27 heavy (non-hydrogen) atoms. The predicted octanol–water partition coefficient (Wildman–Crippen LogP) is 5.35. The Kier molecular flexibility index (Phi) is 4.38. The van der Waals surface area contributed by atoms with Gasteiger partial charge < -0.3 is 10.1 Å². The van der Waals surface area contributed by atoms with Gasteiger partial charge in [-0.15, -0.1) is 0 Å². The molecule has 3 aromatic carbocycles. The van der Waals surface area contributed by atoms with Crippen LogP contribution >= 0.6 is 0 Å². The van der Waals surface area contributed by atoms with Crippen molar-refractivity contribution in [2.75, 3.05) is 5.32 Å². The van der Waals surface area contributed by atoms with Crippen molar-refractivity contribution in [2.24, 2.45) is 0 Å². The molecule has 5 nitrogen and oxygen atoms in total. The maximum absolute atomic E-state index is 8.89. The number of anilines is 2. The van der Waals surface area contributed by atoms with Crippen LogP contribution in [0.15, 0.2) is 72.8 Å². The molecule has 1 heterocycles. The Balaban J connectivity index is 1.63. The summed E-state index contributed by atoms with van der Waals surface area (Å²) >= 11 is 0. The highest BCUT2D eigenvalue weighted by Crippen LogP contribution is 2.29. The minimum atomic E-state index is 0.440. The summed E-state index contributed by atoms with van der Waals surface area (Å²) in [6.45, 7) is 1.89. The van der Waals surface area contributed by atoms with E-state index in [2.05, 4.69) is 21.4 Å². The second kappa shape index (κ2) is 7.14. The summed E-state index contributed by atoms with van der Waals surface area (Å²) in [6, 6.07) is 25.0. The molecule has 0 radical (unpaired) electrons. The van der Waals surface area contributed by atoms with Crippen LogP contribution in [0.4, 0.5) is 11.6 Å². The Bertz CT molecular complexity index is 1140. The minimum absolute atomic E-state index is 0.440. The Morgan fingerprint density at radius 2 is 1.70 bits per heavy atom. The summed E-state index contributed by atoms with van der Waals surface area (Å²) in [5.74, 6) is 1.65. The lowest BCUT2D eigenvalue weighted by atomic mass is 10.1. The highest BCUT2D eigenvalue weighted by molar-refractivity contribution is 5.88. The van der Waals surface area contributed by atoms with E-state index in [9.17, 15) is 0 Å². The number of nitrogens with zero attached hydrogens (tertiary/aromatic N) is 3. The molecule has 1 aromatic heterocycles. The maximum Gasteiger partial charge on any atom is 0.230 e. The van der Waals surface area contributed by atoms with E-state index in [-0.39, 0.29) is 0 Å². The topological polar surface area (TPSA) is 70.8 Å². The van der Waals surface area contributed by atoms with Crippen LogP contribution in [-0.2, 0) is 0 Å². The number of hydrogen-bond donors (Lipinski definition) is 1. The molecule has 0 spiro atoms. The number of aromatic nitrogens is 2. The molecule has 4 aromatic rings. The van der Waals surface area contributed by atoms with Crippen molar-refractivity contribution in [3.63, 3.8) is 0 Å². The van der Waals surface area contributed by atoms with Crippen LogP contribution in [-0.4, -0.2) is 9.97 Å². The zero-order chi connectivity index (χ0) is 18.6. The Labute approximate surface area is 156 Å². The fourth-order valence-corrected chi connectivity index (χ4v) is 2.80. The zero-order valence-electron chi connectivity index (χ0n) is 14.7. The molecule has 0 aliphatic carbocycles. The molecule has 130 valence electrons. The number of fused-ring (bicyclic) bond motifs is 1. The van der Waals surface area contributed by atoms with E-state index in [0.29, 0.717) is 17.4 Å². The first-order valence-electron chi connectivity index (χ1n) is 8.50. The lowest BCUT2D eigenvalue weighted by Gasteiger charge is -2.11. The van der Waals surface area contributed by atoms with Gasteiger partial charge in [-0.05, 0) is 42.6 Å². The summed E-state index contributed by atoms with van der Waals surface area (Å²) in [7, 11) is 0. The number of rotatable bonds is 4. The number of nitriles is 1. The zero-order valence-corrected chi connectivity index (χ0v) is 14.7. The molecule has 5 heteroatoms. The van der Waals surface area contributed by atoms with Crippen LogP contribution in [0.2, 0.25) is 0 Å². The van der Waals surface area contributed by atoms with Gasteiger partial charge in [-0.1, -0.05) is 36.4 Å². The average molecular weight is 352 g/mol. The molecule has 0 saturated carbocycles. The van der Waals surface area contributed by atoms with Gasteiger partial charge in [0, 0.05) is 22.8 Å². The molecule has 0 saturated heterocycles. The van der Waals surface area contributed by atoms with Crippen LogP contribution in [0.3, 0.4) is 0 Å². The Hall–Kier alpha value is -3.91. The summed E-state index contributed by atoms with van der Waals surface area (Å²) in [4.78, 5) is 8.87. The van der Waals surface area contributed by atoms with Gasteiger partial charge in [-0.3, -0.25) is 0 Å². The third-order valence-corrected chi connectivity index (χ3v) is 4.07. The number of aryl methyl sites for hydroxylation is 1. The van der Waals surface area contributed by atoms with Crippen molar-refractivity contribution >= 4 is 22.4 Å². The quantitative estimate of drug-likeness (QED) is 0.536. The van der Waals surface area contributed by atoms with Crippen LogP contribution in [0.5, 0.6) is 11.6 Å². The van der Waals surface area contributed by atoms with Gasteiger partial charge in [0.2, 0.25) is 11.8 Å². The molecule has 0 aliphatic heterocycles. The standard InChI is InChI=1S/C22H16N4O/c1-15-13-21(27-20-8-4-6-17-5-2-3-7-19(17)20)26-22(24-15)25-18-11-9-16(14-23)10-12-18/h2-13H,1H3,(H,24,25,26). The monoisotopic (exact) mass is 352 g/mol. The second-order valence-corrected chi connectivity index (χ2v) is 6.06. The first kappa shape index (κ1) is 16.6. The van der Waals surface area contributed by atoms with Gasteiger partial charge in [0.15, 0.2) is 0 Å². The van der Waals surface area contributed by atoms with Gasteiger partial charge >= 0.3 is 0 Å². The second-order valence-electron chi connectivity index (χ2n) is 6.06. The predicted molar refractivity (Wildman–Crippen MR) is 105 cm³/mol. The smallest absolute Gasteiger partial charge is 0.230 e. The summed E-state index contributed by atoms with van der Waals surface area (Å²) < 4.78 is 6.05. The number of benzene rings is 3. The number of nitrogens with one attached hydrogen (secondary N) is 1. The van der Waals surface area contributed by atoms with Gasteiger partial charge in [0.1, 0.15) is 5.75 Å². The van der Waals surface area contributed by atoms with E-state index in [4.69, 9.17) is 10.00 Å². The van der Waals surface area contributed by atoms with E-state index < -0.39 is 0 Å². The average Bonchev–Trinajstić information content (AvgIpc) is 2.68. The first-order chi connectivity index (χ1) is 13.2. The summed E-state index contributed by atoms with van der Waals surface area (Å²) in [5, 5.41) is 14.2. The lowest BCUT2D eigenvalue weighted by molar-refractivity contribution is 0.467. The molecule has 0 unspecified atom stereocenters. The first-order valence-corrected chi connectivity index (χ1v) is 8.50. The number of ether oxygens (including phenoxy) is 1. The van der Waals surface area contributed by atoms with Crippen molar-refractivity contribution in [2.45, 2.75) is 6.92 Å². The van der Waals surface area contributed by atoms with Crippen molar-refractivity contribution in [1.82, 2.24) is 9.97 Å². The molecule has 0 aliphatic rings. The fourth-order valence-electron chi connectivity index (χ4n) is 2.80. The van der Waals surface area contributed by atoms with Crippen molar-refractivity contribution in [3.05, 3.63) is 84.1 Å². The van der Waals surface area contributed by atoms with Crippen molar-refractivity contribution < 1.29 is 4.74 Å². The molecule has 1 N–H and O–H groups in total. The highest BCUT2D eigenvalue weighted by Gasteiger charge is 2.08. The van der Waals surface area contributed by atoms with Crippen LogP contribution < -0.4 is 10.1 Å². The molecule has 0 bridgehead atoms. The molecular weight excluding hydrogens is 336 g/mol. The van der Waals surface area contributed by atoms with Gasteiger partial charge in [0.25, 0.3) is 0 Å². The van der Waals surface area contributed by atoms with Gasteiger partial charge in [-0.25, -0.2) is 4.98 Å². The third kappa shape index (κ3) is 3.70. The van der Waals surface area contributed by atoms with E-state index >= 15 is 0 Å². The lowest BCUT2D eigenvalue weighted by Crippen LogP contribution is -2.00. The molecule has 4 rings (SSSR count). The van der Waals surface area contributed by atoms with Crippen molar-refractivity contribution in [1.29, 1.82) is 5.26 Å². The maximum atomic E-state index is 8.89. The minimum Gasteiger partial charge on any atom is -0.438 e. The normalized spacial score (nSPS) is 10.4. The summed E-state index contributed by atoms with van der Waals surface area (Å²) in [6.07, 6.45) is 0. The van der Waals surface area contributed by atoms with E-state index in [1.807, 2.05) is 61.5 Å². The number of hydrogen-bond acceptors (Lipinski definition) is 5. The largest absolute Gasteiger partial charge is 0.438 e. The van der Waals surface area contributed by atoms with E-state index in [1.54, 1.807) is 18.2 Å². The highest BCUT2D eigenvalue weighted by atomic mass is 16.5. The van der Waals surface area contributed by atoms with Gasteiger partial charge in [-0.2, -0.15) is 10.2 Å². The van der Waals surface area contributed by atoms with Crippen LogP contribution in [0, 0.1) is 18.3 Å². The third-order valence-electron chi connectivity index (χ3n) is 4.07. The fraction of sp³-hybridized carbons (Fsp3) is 0.0455. The SMILES string of the molecule is Cc1cc(Oc2cccc3ccccc23)nc(Nc2ccc(C#N)cc2)n1. The summed E-state index contributed by atoms with van der Waals surface area (Å²) in [5.41, 5.74) is 2.19. The Morgan fingerprint density at radius 3 is 2.52 bits per heavy atom. The molecule has 0 fully saturated rings. The molecule has 0 amide bonds. The molecule has 0 atom stereocenters. The van der Waals surface area contributed by atoms with E-state index in [0.717, 1.165) is 27.9 Å². The van der Waals surface area contributed by atoms with Crippen LogP contribution in [0.1, 0.15) is 11.3 Å². The van der Waals surface area contributed by atoms with Gasteiger partial charge in [0.05, 0.1) is 11.6 Å². The Morgan fingerprint density at radius 1 is 0.926 bits per heavy atom. The van der Waals surface area contributed by atoms with Crippen molar-refractivity contribution in [3.8, 4) is 17.7 Å². The van der Waals surface area contributed by atoms with E-state index in [1.165, 1.54) is 0 Å². The molecular formula is C22H16N4O.